The second kappa shape index (κ2) is 12.9. The predicted molar refractivity (Wildman–Crippen MR) is 172 cm³/mol. The van der Waals surface area contributed by atoms with Gasteiger partial charge in [-0.1, -0.05) is 12.1 Å². The van der Waals surface area contributed by atoms with Crippen molar-refractivity contribution in [3.05, 3.63) is 64.5 Å². The highest BCUT2D eigenvalue weighted by molar-refractivity contribution is 7.89. The topological polar surface area (TPSA) is 135 Å². The van der Waals surface area contributed by atoms with Crippen LogP contribution in [0.4, 0.5) is 9.80 Å². The fraction of sp³-hybridized carbons (Fsp3) is 0.355. The van der Waals surface area contributed by atoms with Gasteiger partial charge >= 0.3 is 12.1 Å². The van der Waals surface area contributed by atoms with Crippen molar-refractivity contribution >= 4 is 65.9 Å². The number of rotatable bonds is 7. The van der Waals surface area contributed by atoms with Crippen LogP contribution in [-0.2, 0) is 37.3 Å². The van der Waals surface area contributed by atoms with E-state index >= 15 is 0 Å². The minimum atomic E-state index is -3.79. The molecule has 0 radical (unpaired) electrons. The first-order valence-electron chi connectivity index (χ1n) is 14.6. The van der Waals surface area contributed by atoms with Crippen LogP contribution in [0.5, 0.6) is 0 Å². The average molecular weight is 669 g/mol. The molecule has 4 heterocycles. The molecule has 2 aliphatic rings. The van der Waals surface area contributed by atoms with Crippen LogP contribution in [0.25, 0.3) is 20.8 Å². The van der Waals surface area contributed by atoms with Crippen LogP contribution in [0.15, 0.2) is 53.4 Å². The number of para-hydroxylation sites is 1. The Balaban J connectivity index is 1.24. The molecule has 2 amide bonds. The van der Waals surface area contributed by atoms with E-state index < -0.39 is 10.0 Å². The van der Waals surface area contributed by atoms with Crippen molar-refractivity contribution in [1.82, 2.24) is 14.2 Å². The number of carbonyl (C=O) groups excluding carboxylic acids is 3. The molecule has 1 N–H and O–H groups in total. The molecule has 14 heteroatoms. The highest BCUT2D eigenvalue weighted by Gasteiger charge is 2.33. The summed E-state index contributed by atoms with van der Waals surface area (Å²) in [5.41, 5.74) is 3.06. The fourth-order valence-electron chi connectivity index (χ4n) is 5.67. The van der Waals surface area contributed by atoms with E-state index in [0.717, 1.165) is 31.2 Å². The molecule has 0 spiro atoms. The molecular weight excluding hydrogens is 637 g/mol. The molecule has 236 valence electrons. The SMILES string of the molecule is CCOC(=O)N1CCc2c(sc(NC(=O)c3ccc(S(=O)(=O)N4CCC(C(=O)OC)CC4)cc3)c2-c2nc3ccccc3s2)C1. The number of esters is 1. The maximum Gasteiger partial charge on any atom is 0.410 e. The van der Waals surface area contributed by atoms with E-state index in [0.29, 0.717) is 49.5 Å². The second-order valence-electron chi connectivity index (χ2n) is 10.7. The molecule has 4 aromatic rings. The van der Waals surface area contributed by atoms with Crippen LogP contribution in [-0.4, -0.2) is 73.9 Å². The van der Waals surface area contributed by atoms with Gasteiger partial charge in [0, 0.05) is 35.6 Å². The van der Waals surface area contributed by atoms with Crippen LogP contribution in [0.1, 0.15) is 40.6 Å². The summed E-state index contributed by atoms with van der Waals surface area (Å²) >= 11 is 2.95. The summed E-state index contributed by atoms with van der Waals surface area (Å²) in [5.74, 6) is -1.02. The lowest BCUT2D eigenvalue weighted by Gasteiger charge is -2.29. The van der Waals surface area contributed by atoms with Gasteiger partial charge in [0.15, 0.2) is 0 Å². The van der Waals surface area contributed by atoms with E-state index in [1.54, 1.807) is 23.2 Å². The lowest BCUT2D eigenvalue weighted by atomic mass is 9.99. The molecule has 1 saturated heterocycles. The number of anilines is 1. The van der Waals surface area contributed by atoms with Gasteiger partial charge in [0.05, 0.1) is 41.3 Å². The van der Waals surface area contributed by atoms with Crippen LogP contribution in [0.3, 0.4) is 0 Å². The van der Waals surface area contributed by atoms with E-state index in [1.807, 2.05) is 24.3 Å². The number of ether oxygens (including phenoxy) is 2. The van der Waals surface area contributed by atoms with Crippen molar-refractivity contribution in [3.63, 3.8) is 0 Å². The zero-order chi connectivity index (χ0) is 31.7. The summed E-state index contributed by atoms with van der Waals surface area (Å²) in [6.45, 7) is 3.36. The molecule has 0 atom stereocenters. The van der Waals surface area contributed by atoms with Gasteiger partial charge < -0.3 is 19.7 Å². The number of hydrogen-bond donors (Lipinski definition) is 1. The number of amides is 2. The van der Waals surface area contributed by atoms with E-state index in [9.17, 15) is 22.8 Å². The Bertz CT molecular complexity index is 1830. The fourth-order valence-corrected chi connectivity index (χ4v) is 9.51. The van der Waals surface area contributed by atoms with Gasteiger partial charge in [-0.2, -0.15) is 4.31 Å². The van der Waals surface area contributed by atoms with Crippen molar-refractivity contribution < 1.29 is 32.3 Å². The number of nitrogens with zero attached hydrogens (tertiary/aromatic N) is 3. The number of piperidine rings is 1. The molecule has 0 aliphatic carbocycles. The molecule has 0 saturated carbocycles. The third-order valence-electron chi connectivity index (χ3n) is 8.06. The maximum absolute atomic E-state index is 13.5. The number of thiophene rings is 1. The van der Waals surface area contributed by atoms with Crippen molar-refractivity contribution in [3.8, 4) is 10.6 Å². The van der Waals surface area contributed by atoms with Gasteiger partial charge in [0.2, 0.25) is 10.0 Å². The number of benzene rings is 2. The zero-order valence-electron chi connectivity index (χ0n) is 24.8. The number of thiazole rings is 1. The third-order valence-corrected chi connectivity index (χ3v) is 12.2. The van der Waals surface area contributed by atoms with Gasteiger partial charge in [-0.05, 0) is 68.1 Å². The summed E-state index contributed by atoms with van der Waals surface area (Å²) in [6.07, 6.45) is 1.01. The van der Waals surface area contributed by atoms with Crippen LogP contribution >= 0.6 is 22.7 Å². The van der Waals surface area contributed by atoms with E-state index in [1.165, 1.54) is 47.0 Å². The third kappa shape index (κ3) is 6.19. The highest BCUT2D eigenvalue weighted by Crippen LogP contribution is 2.46. The normalized spacial score (nSPS) is 15.9. The summed E-state index contributed by atoms with van der Waals surface area (Å²) in [7, 11) is -2.46. The van der Waals surface area contributed by atoms with Crippen LogP contribution in [0, 0.1) is 5.92 Å². The van der Waals surface area contributed by atoms with E-state index in [-0.39, 0.29) is 41.9 Å². The summed E-state index contributed by atoms with van der Waals surface area (Å²) in [4.78, 5) is 45.4. The van der Waals surface area contributed by atoms with Crippen molar-refractivity contribution in [1.29, 1.82) is 0 Å². The Morgan fingerprint density at radius 3 is 2.44 bits per heavy atom. The number of sulfonamides is 1. The summed E-state index contributed by atoms with van der Waals surface area (Å²) < 4.78 is 39.0. The lowest BCUT2D eigenvalue weighted by molar-refractivity contribution is -0.146. The molecule has 11 nitrogen and oxygen atoms in total. The standard InChI is InChI=1S/C31H32N4O7S3/c1-3-42-31(38)34-15-14-22-25(18-34)44-29(26(22)28-32-23-6-4-5-7-24(23)43-28)33-27(36)19-8-10-21(11-9-19)45(39,40)35-16-12-20(13-17-35)30(37)41-2/h4-11,20H,3,12-18H2,1-2H3,(H,33,36). The van der Waals surface area contributed by atoms with Gasteiger partial charge in [0.1, 0.15) is 10.0 Å². The number of hydrogen-bond acceptors (Lipinski definition) is 10. The molecular formula is C31H32N4O7S3. The van der Waals surface area contributed by atoms with Gasteiger partial charge in [-0.3, -0.25) is 9.59 Å². The number of nitrogens with one attached hydrogen (secondary N) is 1. The molecule has 2 aromatic heterocycles. The summed E-state index contributed by atoms with van der Waals surface area (Å²) in [5, 5.41) is 4.45. The lowest BCUT2D eigenvalue weighted by Crippen LogP contribution is -2.40. The van der Waals surface area contributed by atoms with Crippen molar-refractivity contribution in [2.24, 2.45) is 5.92 Å². The number of aromatic nitrogens is 1. The number of fused-ring (bicyclic) bond motifs is 2. The van der Waals surface area contributed by atoms with Crippen LogP contribution in [0.2, 0.25) is 0 Å². The minimum Gasteiger partial charge on any atom is -0.469 e. The molecule has 0 unspecified atom stereocenters. The molecule has 2 aliphatic heterocycles. The molecule has 45 heavy (non-hydrogen) atoms. The number of carbonyl (C=O) groups is 3. The van der Waals surface area contributed by atoms with Gasteiger partial charge in [-0.25, -0.2) is 18.2 Å². The van der Waals surface area contributed by atoms with E-state index in [2.05, 4.69) is 5.32 Å². The zero-order valence-corrected chi connectivity index (χ0v) is 27.2. The minimum absolute atomic E-state index is 0.0800. The predicted octanol–water partition coefficient (Wildman–Crippen LogP) is 5.37. The Morgan fingerprint density at radius 1 is 1.02 bits per heavy atom. The molecule has 0 bridgehead atoms. The first kappa shape index (κ1) is 31.1. The Hall–Kier alpha value is -3.85. The Morgan fingerprint density at radius 2 is 1.76 bits per heavy atom. The van der Waals surface area contributed by atoms with Crippen LogP contribution < -0.4 is 5.32 Å². The van der Waals surface area contributed by atoms with Gasteiger partial charge in [-0.15, -0.1) is 22.7 Å². The van der Waals surface area contributed by atoms with Gasteiger partial charge in [0.25, 0.3) is 5.91 Å². The monoisotopic (exact) mass is 668 g/mol. The quantitative estimate of drug-likeness (QED) is 0.260. The summed E-state index contributed by atoms with van der Waals surface area (Å²) in [6, 6.07) is 13.7. The van der Waals surface area contributed by atoms with Crippen molar-refractivity contribution in [2.45, 2.75) is 37.6 Å². The number of methoxy groups -OCH3 is 1. The first-order chi connectivity index (χ1) is 21.7. The van der Waals surface area contributed by atoms with Crippen molar-refractivity contribution in [2.75, 3.05) is 38.7 Å². The Labute approximate surface area is 268 Å². The highest BCUT2D eigenvalue weighted by atomic mass is 32.2. The average Bonchev–Trinajstić information content (AvgIpc) is 3.64. The maximum atomic E-state index is 13.5. The first-order valence-corrected chi connectivity index (χ1v) is 17.7. The molecule has 2 aromatic carbocycles. The largest absolute Gasteiger partial charge is 0.469 e. The smallest absolute Gasteiger partial charge is 0.410 e. The molecule has 6 rings (SSSR count). The molecule has 1 fully saturated rings. The second-order valence-corrected chi connectivity index (χ2v) is 14.8. The van der Waals surface area contributed by atoms with E-state index in [4.69, 9.17) is 14.5 Å². The Kier molecular flexibility index (Phi) is 8.91.